The Morgan fingerprint density at radius 2 is 1.68 bits per heavy atom. The van der Waals surface area contributed by atoms with E-state index in [1.807, 2.05) is 48.7 Å². The number of anilines is 1. The largest absolute Gasteiger partial charge is 0.354 e. The van der Waals surface area contributed by atoms with Gasteiger partial charge in [0.25, 0.3) is 0 Å². The smallest absolute Gasteiger partial charge is 0.158 e. The summed E-state index contributed by atoms with van der Waals surface area (Å²) in [6.07, 6.45) is 1.97. The number of rotatable bonds is 7. The number of aromatic nitrogens is 4. The van der Waals surface area contributed by atoms with Crippen LogP contribution in [0.15, 0.2) is 54.7 Å². The van der Waals surface area contributed by atoms with Gasteiger partial charge < -0.3 is 4.90 Å². The maximum absolute atomic E-state index is 12.2. The molecule has 31 heavy (non-hydrogen) atoms. The van der Waals surface area contributed by atoms with Gasteiger partial charge in [-0.1, -0.05) is 29.5 Å². The molecule has 3 aromatic rings. The fourth-order valence-corrected chi connectivity index (χ4v) is 4.44. The van der Waals surface area contributed by atoms with Crippen molar-refractivity contribution >= 4 is 15.7 Å². The van der Waals surface area contributed by atoms with Gasteiger partial charge in [-0.25, -0.2) is 18.1 Å². The van der Waals surface area contributed by atoms with Crippen molar-refractivity contribution in [1.82, 2.24) is 24.9 Å². The molecule has 0 spiro atoms. The second-order valence-electron chi connectivity index (χ2n) is 8.10. The van der Waals surface area contributed by atoms with E-state index < -0.39 is 15.1 Å². The molecule has 164 valence electrons. The standard InChI is InChI=1S/C22H28N6O2S/c1-18(2)31(29,30)17-19-7-6-10-22(23-19)27-13-11-26(12-14-27)15-20-16-28(25-24-20)21-8-4-3-5-9-21/h3-10,16,18H,11-15,17H2,1-2H3. The van der Waals surface area contributed by atoms with Crippen LogP contribution < -0.4 is 4.90 Å². The molecule has 1 fully saturated rings. The second kappa shape index (κ2) is 9.15. The zero-order chi connectivity index (χ0) is 21.8. The molecule has 1 aromatic carbocycles. The Labute approximate surface area is 183 Å². The van der Waals surface area contributed by atoms with Crippen molar-refractivity contribution in [3.05, 3.63) is 66.1 Å². The van der Waals surface area contributed by atoms with E-state index in [2.05, 4.69) is 25.1 Å². The maximum atomic E-state index is 12.2. The van der Waals surface area contributed by atoms with E-state index in [0.29, 0.717) is 5.69 Å². The molecule has 0 N–H and O–H groups in total. The van der Waals surface area contributed by atoms with Crippen LogP contribution in [0, 0.1) is 0 Å². The first kappa shape index (κ1) is 21.5. The lowest BCUT2D eigenvalue weighted by Crippen LogP contribution is -2.46. The average Bonchev–Trinajstić information content (AvgIpc) is 3.23. The first-order valence-corrected chi connectivity index (χ1v) is 12.2. The third kappa shape index (κ3) is 5.29. The molecule has 3 heterocycles. The molecule has 0 radical (unpaired) electrons. The Morgan fingerprint density at radius 1 is 0.935 bits per heavy atom. The first-order valence-electron chi connectivity index (χ1n) is 10.5. The van der Waals surface area contributed by atoms with E-state index in [-0.39, 0.29) is 5.75 Å². The summed E-state index contributed by atoms with van der Waals surface area (Å²) in [7, 11) is -3.16. The van der Waals surface area contributed by atoms with Crippen LogP contribution in [0.3, 0.4) is 0 Å². The Kier molecular flexibility index (Phi) is 6.33. The molecule has 1 saturated heterocycles. The first-order chi connectivity index (χ1) is 14.9. The highest BCUT2D eigenvalue weighted by Gasteiger charge is 2.21. The SMILES string of the molecule is CC(C)S(=O)(=O)Cc1cccc(N2CCN(Cc3cn(-c4ccccc4)nn3)CC2)n1. The third-order valence-electron chi connectivity index (χ3n) is 5.50. The molecule has 0 bridgehead atoms. The van der Waals surface area contributed by atoms with Gasteiger partial charge in [0.2, 0.25) is 0 Å². The fraction of sp³-hybridized carbons (Fsp3) is 0.409. The maximum Gasteiger partial charge on any atom is 0.158 e. The van der Waals surface area contributed by atoms with Crippen molar-refractivity contribution in [3.63, 3.8) is 0 Å². The summed E-state index contributed by atoms with van der Waals surface area (Å²) in [6, 6.07) is 15.6. The Bertz CT molecular complexity index is 1110. The number of pyridine rings is 1. The van der Waals surface area contributed by atoms with Crippen LogP contribution in [0.2, 0.25) is 0 Å². The lowest BCUT2D eigenvalue weighted by atomic mass is 10.2. The molecule has 9 heteroatoms. The number of benzene rings is 1. The lowest BCUT2D eigenvalue weighted by Gasteiger charge is -2.35. The van der Waals surface area contributed by atoms with Crippen LogP contribution in [0.4, 0.5) is 5.82 Å². The summed E-state index contributed by atoms with van der Waals surface area (Å²) < 4.78 is 26.2. The summed E-state index contributed by atoms with van der Waals surface area (Å²) in [5, 5.41) is 8.15. The predicted molar refractivity (Wildman–Crippen MR) is 121 cm³/mol. The molecule has 1 aliphatic heterocycles. The van der Waals surface area contributed by atoms with Crippen LogP contribution in [-0.2, 0) is 22.1 Å². The van der Waals surface area contributed by atoms with Crippen molar-refractivity contribution in [2.75, 3.05) is 31.1 Å². The summed E-state index contributed by atoms with van der Waals surface area (Å²) in [4.78, 5) is 9.17. The minimum atomic E-state index is -3.16. The molecular weight excluding hydrogens is 412 g/mol. The van der Waals surface area contributed by atoms with Crippen LogP contribution in [0.1, 0.15) is 25.2 Å². The molecule has 0 saturated carbocycles. The highest BCUT2D eigenvalue weighted by Crippen LogP contribution is 2.18. The van der Waals surface area contributed by atoms with Crippen LogP contribution in [-0.4, -0.2) is 64.7 Å². The minimum Gasteiger partial charge on any atom is -0.354 e. The molecule has 1 aliphatic rings. The normalized spacial score (nSPS) is 15.5. The minimum absolute atomic E-state index is 0.0183. The van der Waals surface area contributed by atoms with Gasteiger partial charge in [-0.15, -0.1) is 5.10 Å². The summed E-state index contributed by atoms with van der Waals surface area (Å²) in [6.45, 7) is 7.59. The van der Waals surface area contributed by atoms with Gasteiger partial charge in [0.1, 0.15) is 5.82 Å². The lowest BCUT2D eigenvalue weighted by molar-refractivity contribution is 0.246. The number of sulfone groups is 1. The second-order valence-corrected chi connectivity index (χ2v) is 10.7. The summed E-state index contributed by atoms with van der Waals surface area (Å²) in [5.41, 5.74) is 2.54. The molecular formula is C22H28N6O2S. The van der Waals surface area contributed by atoms with Crippen molar-refractivity contribution in [2.45, 2.75) is 31.4 Å². The van der Waals surface area contributed by atoms with E-state index in [1.54, 1.807) is 24.6 Å². The highest BCUT2D eigenvalue weighted by molar-refractivity contribution is 7.91. The molecule has 0 aliphatic carbocycles. The van der Waals surface area contributed by atoms with E-state index in [1.165, 1.54) is 0 Å². The van der Waals surface area contributed by atoms with Crippen LogP contribution in [0.25, 0.3) is 5.69 Å². The van der Waals surface area contributed by atoms with Crippen molar-refractivity contribution in [2.24, 2.45) is 0 Å². The molecule has 8 nitrogen and oxygen atoms in total. The Balaban J connectivity index is 1.34. The van der Waals surface area contributed by atoms with Gasteiger partial charge in [0.15, 0.2) is 9.84 Å². The van der Waals surface area contributed by atoms with Crippen molar-refractivity contribution in [1.29, 1.82) is 0 Å². The molecule has 0 amide bonds. The summed E-state index contributed by atoms with van der Waals surface area (Å²) >= 11 is 0. The van der Waals surface area contributed by atoms with E-state index >= 15 is 0 Å². The van der Waals surface area contributed by atoms with Gasteiger partial charge >= 0.3 is 0 Å². The van der Waals surface area contributed by atoms with E-state index in [0.717, 1.165) is 49.9 Å². The van der Waals surface area contributed by atoms with Crippen molar-refractivity contribution in [3.8, 4) is 5.69 Å². The molecule has 2 aromatic heterocycles. The Morgan fingerprint density at radius 3 is 2.39 bits per heavy atom. The van der Waals surface area contributed by atoms with Gasteiger partial charge in [-0.3, -0.25) is 4.90 Å². The van der Waals surface area contributed by atoms with E-state index in [4.69, 9.17) is 0 Å². The molecule has 4 rings (SSSR count). The third-order valence-corrected chi connectivity index (χ3v) is 7.64. The number of nitrogens with zero attached hydrogens (tertiary/aromatic N) is 6. The summed E-state index contributed by atoms with van der Waals surface area (Å²) in [5.74, 6) is 0.821. The quantitative estimate of drug-likeness (QED) is 0.557. The highest BCUT2D eigenvalue weighted by atomic mass is 32.2. The topological polar surface area (TPSA) is 84.2 Å². The number of hydrogen-bond acceptors (Lipinski definition) is 7. The molecule has 0 unspecified atom stereocenters. The van der Waals surface area contributed by atoms with Gasteiger partial charge in [0.05, 0.1) is 34.3 Å². The van der Waals surface area contributed by atoms with Gasteiger partial charge in [-0.05, 0) is 38.1 Å². The zero-order valence-electron chi connectivity index (χ0n) is 17.9. The number of para-hydroxylation sites is 1. The van der Waals surface area contributed by atoms with Gasteiger partial charge in [0, 0.05) is 32.7 Å². The monoisotopic (exact) mass is 440 g/mol. The number of piperazine rings is 1. The van der Waals surface area contributed by atoms with Gasteiger partial charge in [-0.2, -0.15) is 0 Å². The Hall–Kier alpha value is -2.78. The zero-order valence-corrected chi connectivity index (χ0v) is 18.7. The van der Waals surface area contributed by atoms with Crippen LogP contribution in [0.5, 0.6) is 0 Å². The van der Waals surface area contributed by atoms with Crippen molar-refractivity contribution < 1.29 is 8.42 Å². The fourth-order valence-electron chi connectivity index (χ4n) is 3.54. The van der Waals surface area contributed by atoms with E-state index in [9.17, 15) is 8.42 Å². The predicted octanol–water partition coefficient (Wildman–Crippen LogP) is 2.31. The average molecular weight is 441 g/mol. The molecule has 0 atom stereocenters. The van der Waals surface area contributed by atoms with Crippen LogP contribution >= 0.6 is 0 Å². The number of hydrogen-bond donors (Lipinski definition) is 0.